The van der Waals surface area contributed by atoms with E-state index in [0.29, 0.717) is 10.0 Å². The fourth-order valence-corrected chi connectivity index (χ4v) is 2.71. The zero-order valence-corrected chi connectivity index (χ0v) is 13.8. The van der Waals surface area contributed by atoms with Crippen molar-refractivity contribution >= 4 is 43.2 Å². The van der Waals surface area contributed by atoms with Crippen LogP contribution >= 0.6 is 15.9 Å². The van der Waals surface area contributed by atoms with Crippen molar-refractivity contribution in [3.8, 4) is 0 Å². The van der Waals surface area contributed by atoms with Gasteiger partial charge >= 0.3 is 0 Å². The van der Waals surface area contributed by atoms with Gasteiger partial charge in [0.1, 0.15) is 5.82 Å². The van der Waals surface area contributed by atoms with Crippen LogP contribution in [0.2, 0.25) is 0 Å². The van der Waals surface area contributed by atoms with Crippen LogP contribution < -0.4 is 10.0 Å². The first-order valence-corrected chi connectivity index (χ1v) is 8.77. The van der Waals surface area contributed by atoms with Gasteiger partial charge in [0.15, 0.2) is 0 Å². The SMILES string of the molecule is CS(=O)(=O)Nc1ccc(F)cc1NC(=O)c1cccc(Br)c1. The summed E-state index contributed by atoms with van der Waals surface area (Å²) in [7, 11) is -3.55. The molecule has 2 N–H and O–H groups in total. The van der Waals surface area contributed by atoms with Crippen LogP contribution in [0.1, 0.15) is 10.4 Å². The van der Waals surface area contributed by atoms with Crippen molar-refractivity contribution in [2.75, 3.05) is 16.3 Å². The van der Waals surface area contributed by atoms with Crippen molar-refractivity contribution < 1.29 is 17.6 Å². The Balaban J connectivity index is 2.32. The molecule has 116 valence electrons. The lowest BCUT2D eigenvalue weighted by molar-refractivity contribution is 0.102. The maximum Gasteiger partial charge on any atom is 0.255 e. The molecule has 0 atom stereocenters. The Kier molecular flexibility index (Phi) is 4.82. The number of halogens is 2. The van der Waals surface area contributed by atoms with Gasteiger partial charge in [-0.05, 0) is 36.4 Å². The lowest BCUT2D eigenvalue weighted by Gasteiger charge is -2.12. The number of rotatable bonds is 4. The Labute approximate surface area is 135 Å². The van der Waals surface area contributed by atoms with Crippen LogP contribution in [-0.2, 0) is 10.0 Å². The summed E-state index contributed by atoms with van der Waals surface area (Å²) in [6.45, 7) is 0. The van der Waals surface area contributed by atoms with Crippen molar-refractivity contribution in [1.29, 1.82) is 0 Å². The molecule has 0 saturated carbocycles. The van der Waals surface area contributed by atoms with E-state index in [4.69, 9.17) is 0 Å². The number of benzene rings is 2. The molecule has 0 unspecified atom stereocenters. The second kappa shape index (κ2) is 6.45. The molecule has 0 bridgehead atoms. The molecular weight excluding hydrogens is 375 g/mol. The number of anilines is 2. The van der Waals surface area contributed by atoms with Gasteiger partial charge in [-0.25, -0.2) is 12.8 Å². The van der Waals surface area contributed by atoms with Crippen molar-refractivity contribution in [2.45, 2.75) is 0 Å². The van der Waals surface area contributed by atoms with E-state index in [1.54, 1.807) is 24.3 Å². The summed E-state index contributed by atoms with van der Waals surface area (Å²) in [5, 5.41) is 2.49. The topological polar surface area (TPSA) is 75.3 Å². The third kappa shape index (κ3) is 4.54. The van der Waals surface area contributed by atoms with E-state index in [0.717, 1.165) is 18.4 Å². The number of hydrogen-bond acceptors (Lipinski definition) is 3. The molecule has 0 aromatic heterocycles. The average Bonchev–Trinajstić information content (AvgIpc) is 2.40. The number of amides is 1. The smallest absolute Gasteiger partial charge is 0.255 e. The highest BCUT2D eigenvalue weighted by Crippen LogP contribution is 2.24. The summed E-state index contributed by atoms with van der Waals surface area (Å²) in [5.74, 6) is -1.08. The largest absolute Gasteiger partial charge is 0.320 e. The molecular formula is C14H12BrFN2O3S. The first-order valence-electron chi connectivity index (χ1n) is 6.09. The van der Waals surface area contributed by atoms with Crippen LogP contribution in [0.5, 0.6) is 0 Å². The van der Waals surface area contributed by atoms with E-state index in [1.807, 2.05) is 0 Å². The van der Waals surface area contributed by atoms with Crippen molar-refractivity contribution in [2.24, 2.45) is 0 Å². The molecule has 2 aromatic rings. The number of carbonyl (C=O) groups is 1. The Hall–Kier alpha value is -1.93. The van der Waals surface area contributed by atoms with Crippen LogP contribution in [0.4, 0.5) is 15.8 Å². The average molecular weight is 387 g/mol. The fraction of sp³-hybridized carbons (Fsp3) is 0.0714. The zero-order chi connectivity index (χ0) is 16.3. The Bertz CT molecular complexity index is 825. The predicted octanol–water partition coefficient (Wildman–Crippen LogP) is 3.21. The van der Waals surface area contributed by atoms with E-state index >= 15 is 0 Å². The van der Waals surface area contributed by atoms with E-state index in [9.17, 15) is 17.6 Å². The summed E-state index contributed by atoms with van der Waals surface area (Å²) in [5.41, 5.74) is 0.478. The van der Waals surface area contributed by atoms with Gasteiger partial charge < -0.3 is 5.32 Å². The Morgan fingerprint density at radius 2 is 1.86 bits per heavy atom. The third-order valence-corrected chi connectivity index (χ3v) is 3.70. The normalized spacial score (nSPS) is 11.0. The molecule has 0 saturated heterocycles. The Morgan fingerprint density at radius 3 is 2.50 bits per heavy atom. The highest BCUT2D eigenvalue weighted by molar-refractivity contribution is 9.10. The highest BCUT2D eigenvalue weighted by atomic mass is 79.9. The molecule has 0 aliphatic rings. The number of sulfonamides is 1. The van der Waals surface area contributed by atoms with E-state index in [2.05, 4.69) is 26.0 Å². The molecule has 0 radical (unpaired) electrons. The maximum absolute atomic E-state index is 13.4. The molecule has 8 heteroatoms. The molecule has 2 aromatic carbocycles. The minimum atomic E-state index is -3.55. The van der Waals surface area contributed by atoms with Crippen molar-refractivity contribution in [3.05, 3.63) is 58.3 Å². The molecule has 0 heterocycles. The van der Waals surface area contributed by atoms with Gasteiger partial charge in [-0.3, -0.25) is 9.52 Å². The van der Waals surface area contributed by atoms with Gasteiger partial charge in [0.2, 0.25) is 10.0 Å². The summed E-state index contributed by atoms with van der Waals surface area (Å²) in [6.07, 6.45) is 0.969. The van der Waals surface area contributed by atoms with Crippen molar-refractivity contribution in [1.82, 2.24) is 0 Å². The minimum Gasteiger partial charge on any atom is -0.320 e. The number of carbonyl (C=O) groups excluding carboxylic acids is 1. The molecule has 2 rings (SSSR count). The third-order valence-electron chi connectivity index (χ3n) is 2.61. The summed E-state index contributed by atoms with van der Waals surface area (Å²) in [6, 6.07) is 10.0. The van der Waals surface area contributed by atoms with Crippen molar-refractivity contribution in [3.63, 3.8) is 0 Å². The summed E-state index contributed by atoms with van der Waals surface area (Å²) in [4.78, 5) is 12.2. The van der Waals surface area contributed by atoms with Crippen LogP contribution in [0.3, 0.4) is 0 Å². The van der Waals surface area contributed by atoms with Gasteiger partial charge in [0.05, 0.1) is 17.6 Å². The zero-order valence-electron chi connectivity index (χ0n) is 11.4. The standard InChI is InChI=1S/C14H12BrFN2O3S/c1-22(20,21)18-12-6-5-11(16)8-13(12)17-14(19)9-3-2-4-10(15)7-9/h2-8,18H,1H3,(H,17,19). The molecule has 0 spiro atoms. The maximum atomic E-state index is 13.4. The lowest BCUT2D eigenvalue weighted by Crippen LogP contribution is -2.16. The molecule has 0 aliphatic carbocycles. The van der Waals surface area contributed by atoms with E-state index < -0.39 is 21.7 Å². The number of hydrogen-bond donors (Lipinski definition) is 2. The first kappa shape index (κ1) is 16.4. The van der Waals surface area contributed by atoms with Gasteiger partial charge in [0.25, 0.3) is 5.91 Å². The highest BCUT2D eigenvalue weighted by Gasteiger charge is 2.13. The van der Waals surface area contributed by atoms with Crippen LogP contribution in [0.25, 0.3) is 0 Å². The summed E-state index contributed by atoms with van der Waals surface area (Å²) < 4.78 is 38.9. The van der Waals surface area contributed by atoms with Crippen LogP contribution in [0, 0.1) is 5.82 Å². The molecule has 22 heavy (non-hydrogen) atoms. The second-order valence-electron chi connectivity index (χ2n) is 4.53. The molecule has 1 amide bonds. The number of nitrogens with one attached hydrogen (secondary N) is 2. The van der Waals surface area contributed by atoms with Gasteiger partial charge in [-0.2, -0.15) is 0 Å². The molecule has 0 aliphatic heterocycles. The first-order chi connectivity index (χ1) is 10.2. The van der Waals surface area contributed by atoms with Gasteiger partial charge in [-0.15, -0.1) is 0 Å². The van der Waals surface area contributed by atoms with Crippen LogP contribution in [0.15, 0.2) is 46.9 Å². The van der Waals surface area contributed by atoms with Crippen LogP contribution in [-0.4, -0.2) is 20.6 Å². The lowest BCUT2D eigenvalue weighted by atomic mass is 10.2. The second-order valence-corrected chi connectivity index (χ2v) is 7.19. The van der Waals surface area contributed by atoms with Gasteiger partial charge in [-0.1, -0.05) is 22.0 Å². The summed E-state index contributed by atoms with van der Waals surface area (Å²) >= 11 is 3.25. The molecule has 5 nitrogen and oxygen atoms in total. The predicted molar refractivity (Wildman–Crippen MR) is 87.0 cm³/mol. The molecule has 0 fully saturated rings. The quantitative estimate of drug-likeness (QED) is 0.846. The van der Waals surface area contributed by atoms with E-state index in [1.165, 1.54) is 6.07 Å². The Morgan fingerprint density at radius 1 is 1.14 bits per heavy atom. The fourth-order valence-electron chi connectivity index (χ4n) is 1.73. The van der Waals surface area contributed by atoms with Gasteiger partial charge in [0, 0.05) is 10.0 Å². The monoisotopic (exact) mass is 386 g/mol. The van der Waals surface area contributed by atoms with E-state index in [-0.39, 0.29) is 11.4 Å². The minimum absolute atomic E-state index is 0.0374.